The standard InChI is InChI=1S/C15H12ClFN2O2/c16-10-5-1-3-7-12(10)18-14(20)9-15(21)19-13-8-4-2-6-11(13)17/h1-8H,9H2,(H,18,20)(H,19,21). The van der Waals surface area contributed by atoms with Crippen LogP contribution in [-0.4, -0.2) is 11.8 Å². The molecule has 0 fully saturated rings. The lowest BCUT2D eigenvalue weighted by atomic mass is 10.2. The van der Waals surface area contributed by atoms with Crippen molar-refractivity contribution in [3.63, 3.8) is 0 Å². The molecule has 2 rings (SSSR count). The average Bonchev–Trinajstić information content (AvgIpc) is 2.44. The lowest BCUT2D eigenvalue weighted by Crippen LogP contribution is -2.22. The first-order valence-corrected chi connectivity index (χ1v) is 6.53. The molecule has 0 saturated carbocycles. The quantitative estimate of drug-likeness (QED) is 0.850. The molecule has 0 aliphatic heterocycles. The van der Waals surface area contributed by atoms with E-state index in [0.717, 1.165) is 0 Å². The minimum Gasteiger partial charge on any atom is -0.324 e. The van der Waals surface area contributed by atoms with Crippen LogP contribution in [0.2, 0.25) is 5.02 Å². The first kappa shape index (κ1) is 15.0. The van der Waals surface area contributed by atoms with Gasteiger partial charge in [0.2, 0.25) is 11.8 Å². The second kappa shape index (κ2) is 6.85. The van der Waals surface area contributed by atoms with Crippen LogP contribution in [0.5, 0.6) is 0 Å². The van der Waals surface area contributed by atoms with Gasteiger partial charge in [-0.1, -0.05) is 35.9 Å². The van der Waals surface area contributed by atoms with Crippen molar-refractivity contribution < 1.29 is 14.0 Å². The molecule has 0 bridgehead atoms. The van der Waals surface area contributed by atoms with Gasteiger partial charge < -0.3 is 10.6 Å². The van der Waals surface area contributed by atoms with E-state index in [1.54, 1.807) is 30.3 Å². The Morgan fingerprint density at radius 3 is 2.05 bits per heavy atom. The third kappa shape index (κ3) is 4.29. The molecule has 0 atom stereocenters. The fourth-order valence-electron chi connectivity index (χ4n) is 1.66. The Morgan fingerprint density at radius 2 is 1.43 bits per heavy atom. The van der Waals surface area contributed by atoms with Crippen molar-refractivity contribution in [3.05, 3.63) is 59.4 Å². The second-order valence-corrected chi connectivity index (χ2v) is 4.64. The van der Waals surface area contributed by atoms with Gasteiger partial charge in [-0.3, -0.25) is 9.59 Å². The minimum atomic E-state index is -0.607. The molecule has 0 aromatic heterocycles. The first-order chi connectivity index (χ1) is 10.1. The van der Waals surface area contributed by atoms with E-state index in [1.807, 2.05) is 0 Å². The second-order valence-electron chi connectivity index (χ2n) is 4.23. The van der Waals surface area contributed by atoms with E-state index in [4.69, 9.17) is 11.6 Å². The van der Waals surface area contributed by atoms with Crippen molar-refractivity contribution in [2.75, 3.05) is 10.6 Å². The largest absolute Gasteiger partial charge is 0.324 e. The summed E-state index contributed by atoms with van der Waals surface area (Å²) in [5, 5.41) is 5.23. The van der Waals surface area contributed by atoms with Gasteiger partial charge in [0.1, 0.15) is 12.2 Å². The van der Waals surface area contributed by atoms with Gasteiger partial charge in [0, 0.05) is 0 Å². The van der Waals surface area contributed by atoms with E-state index >= 15 is 0 Å². The molecule has 108 valence electrons. The van der Waals surface area contributed by atoms with Gasteiger partial charge in [0.15, 0.2) is 0 Å². The number of benzene rings is 2. The third-order valence-corrected chi connectivity index (χ3v) is 2.95. The highest BCUT2D eigenvalue weighted by atomic mass is 35.5. The summed E-state index contributed by atoms with van der Waals surface area (Å²) in [5.74, 6) is -1.70. The summed E-state index contributed by atoms with van der Waals surface area (Å²) >= 11 is 5.89. The van der Waals surface area contributed by atoms with E-state index < -0.39 is 24.1 Å². The van der Waals surface area contributed by atoms with Crippen LogP contribution in [0.15, 0.2) is 48.5 Å². The highest BCUT2D eigenvalue weighted by molar-refractivity contribution is 6.33. The maximum absolute atomic E-state index is 13.4. The maximum Gasteiger partial charge on any atom is 0.233 e. The monoisotopic (exact) mass is 306 g/mol. The summed E-state index contributed by atoms with van der Waals surface area (Å²) in [6.07, 6.45) is -0.431. The molecule has 4 nitrogen and oxygen atoms in total. The molecule has 0 radical (unpaired) electrons. The number of carbonyl (C=O) groups excluding carboxylic acids is 2. The van der Waals surface area contributed by atoms with Crippen molar-refractivity contribution in [1.82, 2.24) is 0 Å². The minimum absolute atomic E-state index is 0.0352. The third-order valence-electron chi connectivity index (χ3n) is 2.62. The number of nitrogens with one attached hydrogen (secondary N) is 2. The molecule has 0 saturated heterocycles. The van der Waals surface area contributed by atoms with Crippen LogP contribution >= 0.6 is 11.6 Å². The van der Waals surface area contributed by atoms with E-state index in [1.165, 1.54) is 18.2 Å². The smallest absolute Gasteiger partial charge is 0.233 e. The molecular formula is C15H12ClFN2O2. The van der Waals surface area contributed by atoms with Gasteiger partial charge in [-0.2, -0.15) is 0 Å². The summed E-state index contributed by atoms with van der Waals surface area (Å²) in [5.41, 5.74) is 0.455. The molecular weight excluding hydrogens is 295 g/mol. The van der Waals surface area contributed by atoms with Crippen molar-refractivity contribution in [1.29, 1.82) is 0 Å². The highest BCUT2D eigenvalue weighted by Crippen LogP contribution is 2.20. The van der Waals surface area contributed by atoms with Gasteiger partial charge in [0.05, 0.1) is 16.4 Å². The summed E-state index contributed by atoms with van der Waals surface area (Å²) in [6, 6.07) is 12.4. The zero-order valence-corrected chi connectivity index (χ0v) is 11.7. The molecule has 2 N–H and O–H groups in total. The van der Waals surface area contributed by atoms with Crippen LogP contribution in [0.3, 0.4) is 0 Å². The van der Waals surface area contributed by atoms with Crippen molar-refractivity contribution >= 4 is 34.8 Å². The molecule has 0 unspecified atom stereocenters. The molecule has 2 aromatic carbocycles. The van der Waals surface area contributed by atoms with Crippen LogP contribution in [0, 0.1) is 5.82 Å². The predicted molar refractivity (Wildman–Crippen MR) is 79.7 cm³/mol. The molecule has 6 heteroatoms. The van der Waals surface area contributed by atoms with E-state index in [2.05, 4.69) is 10.6 Å². The maximum atomic E-state index is 13.4. The molecule has 0 aliphatic rings. The van der Waals surface area contributed by atoms with E-state index in [9.17, 15) is 14.0 Å². The zero-order valence-electron chi connectivity index (χ0n) is 10.9. The fraction of sp³-hybridized carbons (Fsp3) is 0.0667. The van der Waals surface area contributed by atoms with Crippen LogP contribution in [-0.2, 0) is 9.59 Å². The number of hydrogen-bond donors (Lipinski definition) is 2. The Labute approximate surface area is 125 Å². The summed E-state index contributed by atoms with van der Waals surface area (Å²) in [7, 11) is 0. The van der Waals surface area contributed by atoms with Crippen LogP contribution in [0.4, 0.5) is 15.8 Å². The zero-order chi connectivity index (χ0) is 15.2. The molecule has 2 amide bonds. The lowest BCUT2D eigenvalue weighted by molar-refractivity contribution is -0.123. The van der Waals surface area contributed by atoms with Crippen LogP contribution in [0.1, 0.15) is 6.42 Å². The summed E-state index contributed by atoms with van der Waals surface area (Å²) in [4.78, 5) is 23.4. The Balaban J connectivity index is 1.93. The Hall–Kier alpha value is -2.40. The van der Waals surface area contributed by atoms with E-state index in [0.29, 0.717) is 10.7 Å². The number of halogens is 2. The fourth-order valence-corrected chi connectivity index (χ4v) is 1.84. The Kier molecular flexibility index (Phi) is 4.90. The molecule has 0 aliphatic carbocycles. The number of anilines is 2. The Bertz CT molecular complexity index is 619. The van der Waals surface area contributed by atoms with Gasteiger partial charge in [0.25, 0.3) is 0 Å². The average molecular weight is 307 g/mol. The normalized spacial score (nSPS) is 10.0. The number of para-hydroxylation sites is 2. The first-order valence-electron chi connectivity index (χ1n) is 6.15. The Morgan fingerprint density at radius 1 is 0.905 bits per heavy atom. The highest BCUT2D eigenvalue weighted by Gasteiger charge is 2.12. The predicted octanol–water partition coefficient (Wildman–Crippen LogP) is 3.45. The SMILES string of the molecule is O=C(CC(=O)Nc1ccccc1Cl)Nc1ccccc1F. The molecule has 0 heterocycles. The lowest BCUT2D eigenvalue weighted by Gasteiger charge is -2.08. The van der Waals surface area contributed by atoms with Gasteiger partial charge >= 0.3 is 0 Å². The number of carbonyl (C=O) groups is 2. The van der Waals surface area contributed by atoms with Crippen LogP contribution < -0.4 is 10.6 Å². The van der Waals surface area contributed by atoms with Crippen molar-refractivity contribution in [2.24, 2.45) is 0 Å². The van der Waals surface area contributed by atoms with Gasteiger partial charge in [-0.15, -0.1) is 0 Å². The number of hydrogen-bond acceptors (Lipinski definition) is 2. The summed E-state index contributed by atoms with van der Waals surface area (Å²) in [6.45, 7) is 0. The number of amides is 2. The topological polar surface area (TPSA) is 58.2 Å². The van der Waals surface area contributed by atoms with E-state index in [-0.39, 0.29) is 5.69 Å². The summed E-state index contributed by atoms with van der Waals surface area (Å²) < 4.78 is 13.4. The molecule has 0 spiro atoms. The van der Waals surface area contributed by atoms with Gasteiger partial charge in [-0.05, 0) is 24.3 Å². The number of rotatable bonds is 4. The van der Waals surface area contributed by atoms with Crippen molar-refractivity contribution in [2.45, 2.75) is 6.42 Å². The van der Waals surface area contributed by atoms with Crippen LogP contribution in [0.25, 0.3) is 0 Å². The van der Waals surface area contributed by atoms with Crippen molar-refractivity contribution in [3.8, 4) is 0 Å². The molecule has 21 heavy (non-hydrogen) atoms. The molecule has 2 aromatic rings. The van der Waals surface area contributed by atoms with Gasteiger partial charge in [-0.25, -0.2) is 4.39 Å².